The van der Waals surface area contributed by atoms with Crippen LogP contribution in [-0.4, -0.2) is 16.4 Å². The molecule has 16 heavy (non-hydrogen) atoms. The van der Waals surface area contributed by atoms with Gasteiger partial charge in [0.2, 0.25) is 0 Å². The monoisotopic (exact) mass is 222 g/mol. The quantitative estimate of drug-likeness (QED) is 0.529. The Labute approximate surface area is 95.4 Å². The number of hydrogen-bond acceptors (Lipinski definition) is 4. The Morgan fingerprint density at radius 1 is 1.50 bits per heavy atom. The maximum Gasteiger partial charge on any atom is 0.270 e. The van der Waals surface area contributed by atoms with E-state index in [1.54, 1.807) is 18.2 Å². The van der Waals surface area contributed by atoms with Crippen LogP contribution in [0.5, 0.6) is 0 Å². The van der Waals surface area contributed by atoms with Gasteiger partial charge in [-0.1, -0.05) is 13.0 Å². The number of hydrazine groups is 1. The first-order valence-corrected chi connectivity index (χ1v) is 5.24. The summed E-state index contributed by atoms with van der Waals surface area (Å²) in [6.07, 6.45) is 0.855. The molecule has 88 valence electrons. The summed E-state index contributed by atoms with van der Waals surface area (Å²) in [7, 11) is 0. The predicted octanol–water partition coefficient (Wildman–Crippen LogP) is 1.29. The number of nitrogens with one attached hydrogen (secondary N) is 2. The van der Waals surface area contributed by atoms with Gasteiger partial charge < -0.3 is 10.7 Å². The molecule has 0 saturated carbocycles. The highest BCUT2D eigenvalue weighted by Crippen LogP contribution is 2.09. The number of carbonyl (C=O) groups is 1. The highest BCUT2D eigenvalue weighted by Gasteiger charge is 2.19. The Balaban J connectivity index is 2.80. The lowest BCUT2D eigenvalue weighted by atomic mass is 10.0. The van der Waals surface area contributed by atoms with Crippen molar-refractivity contribution in [2.75, 3.05) is 5.43 Å². The summed E-state index contributed by atoms with van der Waals surface area (Å²) in [6.45, 7) is 5.96. The molecule has 5 nitrogen and oxygen atoms in total. The summed E-state index contributed by atoms with van der Waals surface area (Å²) in [5.41, 5.74) is 2.54. The van der Waals surface area contributed by atoms with Gasteiger partial charge in [-0.15, -0.1) is 0 Å². The molecule has 0 aliphatic carbocycles. The zero-order chi connectivity index (χ0) is 12.2. The van der Waals surface area contributed by atoms with Crippen LogP contribution < -0.4 is 16.6 Å². The average molecular weight is 222 g/mol. The maximum absolute atomic E-state index is 11.8. The number of amides is 1. The summed E-state index contributed by atoms with van der Waals surface area (Å²) >= 11 is 0. The highest BCUT2D eigenvalue weighted by atomic mass is 16.2. The zero-order valence-corrected chi connectivity index (χ0v) is 9.87. The van der Waals surface area contributed by atoms with E-state index in [1.807, 2.05) is 20.8 Å². The normalized spacial score (nSPS) is 11.0. The van der Waals surface area contributed by atoms with Gasteiger partial charge in [0.15, 0.2) is 0 Å². The number of rotatable bonds is 4. The first-order valence-electron chi connectivity index (χ1n) is 5.24. The molecule has 0 aliphatic rings. The van der Waals surface area contributed by atoms with Crippen LogP contribution in [-0.2, 0) is 0 Å². The van der Waals surface area contributed by atoms with Crippen LogP contribution in [0.15, 0.2) is 18.2 Å². The van der Waals surface area contributed by atoms with E-state index in [1.165, 1.54) is 0 Å². The van der Waals surface area contributed by atoms with Gasteiger partial charge in [0.25, 0.3) is 5.91 Å². The van der Waals surface area contributed by atoms with Crippen LogP contribution in [0, 0.1) is 0 Å². The van der Waals surface area contributed by atoms with Crippen LogP contribution in [0.3, 0.4) is 0 Å². The molecular formula is C11H18N4O. The fraction of sp³-hybridized carbons (Fsp3) is 0.455. The molecule has 0 bridgehead atoms. The third-order valence-electron chi connectivity index (χ3n) is 2.47. The van der Waals surface area contributed by atoms with Crippen LogP contribution >= 0.6 is 0 Å². The number of carbonyl (C=O) groups excluding carboxylic acids is 1. The number of nitrogens with two attached hydrogens (primary N) is 1. The molecule has 1 heterocycles. The molecule has 1 aromatic rings. The Kier molecular flexibility index (Phi) is 3.84. The van der Waals surface area contributed by atoms with Crippen molar-refractivity contribution in [1.82, 2.24) is 10.3 Å². The molecule has 4 N–H and O–H groups in total. The summed E-state index contributed by atoms with van der Waals surface area (Å²) in [5.74, 6) is 5.51. The Hall–Kier alpha value is -1.62. The standard InChI is InChI=1S/C11H18N4O/c1-4-11(2,3)14-10(16)8-6-5-7-9(13-8)15-12/h5-7H,4,12H2,1-3H3,(H,13,15)(H,14,16). The Bertz CT molecular complexity index is 376. The van der Waals surface area contributed by atoms with Crippen molar-refractivity contribution in [2.24, 2.45) is 5.84 Å². The summed E-state index contributed by atoms with van der Waals surface area (Å²) < 4.78 is 0. The lowest BCUT2D eigenvalue weighted by molar-refractivity contribution is 0.0906. The molecule has 0 fully saturated rings. The molecule has 0 saturated heterocycles. The molecule has 0 unspecified atom stereocenters. The molecular weight excluding hydrogens is 204 g/mol. The second-order valence-electron chi connectivity index (χ2n) is 4.24. The van der Waals surface area contributed by atoms with Crippen molar-refractivity contribution in [3.8, 4) is 0 Å². The van der Waals surface area contributed by atoms with Crippen LogP contribution in [0.4, 0.5) is 5.82 Å². The highest BCUT2D eigenvalue weighted by molar-refractivity contribution is 5.93. The van der Waals surface area contributed by atoms with E-state index in [-0.39, 0.29) is 11.4 Å². The van der Waals surface area contributed by atoms with Gasteiger partial charge in [-0.2, -0.15) is 0 Å². The number of hydrogen-bond donors (Lipinski definition) is 3. The molecule has 0 spiro atoms. The van der Waals surface area contributed by atoms with Crippen molar-refractivity contribution in [2.45, 2.75) is 32.7 Å². The fourth-order valence-electron chi connectivity index (χ4n) is 1.10. The van der Waals surface area contributed by atoms with Crippen LogP contribution in [0.25, 0.3) is 0 Å². The van der Waals surface area contributed by atoms with E-state index in [9.17, 15) is 4.79 Å². The minimum atomic E-state index is -0.231. The summed E-state index contributed by atoms with van der Waals surface area (Å²) in [6, 6.07) is 5.08. The number of nitrogen functional groups attached to an aromatic ring is 1. The molecule has 1 amide bonds. The van der Waals surface area contributed by atoms with E-state index in [0.29, 0.717) is 11.5 Å². The number of nitrogens with zero attached hydrogens (tertiary/aromatic N) is 1. The first kappa shape index (κ1) is 12.4. The van der Waals surface area contributed by atoms with E-state index < -0.39 is 0 Å². The van der Waals surface area contributed by atoms with Gasteiger partial charge in [-0.05, 0) is 32.4 Å². The minimum Gasteiger partial charge on any atom is -0.346 e. The largest absolute Gasteiger partial charge is 0.346 e. The second kappa shape index (κ2) is 4.94. The van der Waals surface area contributed by atoms with Gasteiger partial charge in [-0.25, -0.2) is 10.8 Å². The minimum absolute atomic E-state index is 0.191. The zero-order valence-electron chi connectivity index (χ0n) is 9.87. The topological polar surface area (TPSA) is 80.0 Å². The van der Waals surface area contributed by atoms with E-state index in [4.69, 9.17) is 5.84 Å². The van der Waals surface area contributed by atoms with Gasteiger partial charge in [0, 0.05) is 5.54 Å². The van der Waals surface area contributed by atoms with Crippen molar-refractivity contribution >= 4 is 11.7 Å². The molecule has 0 radical (unpaired) electrons. The van der Waals surface area contributed by atoms with Crippen LogP contribution in [0.1, 0.15) is 37.7 Å². The number of anilines is 1. The van der Waals surface area contributed by atoms with Crippen molar-refractivity contribution in [1.29, 1.82) is 0 Å². The van der Waals surface area contributed by atoms with Crippen molar-refractivity contribution in [3.63, 3.8) is 0 Å². The van der Waals surface area contributed by atoms with Crippen LogP contribution in [0.2, 0.25) is 0 Å². The predicted molar refractivity (Wildman–Crippen MR) is 63.9 cm³/mol. The van der Waals surface area contributed by atoms with E-state index in [0.717, 1.165) is 6.42 Å². The molecule has 0 aliphatic heterocycles. The lowest BCUT2D eigenvalue weighted by Crippen LogP contribution is -2.43. The summed E-state index contributed by atoms with van der Waals surface area (Å²) in [4.78, 5) is 15.9. The van der Waals surface area contributed by atoms with Gasteiger partial charge in [-0.3, -0.25) is 4.79 Å². The molecule has 1 aromatic heterocycles. The Morgan fingerprint density at radius 2 is 2.19 bits per heavy atom. The smallest absolute Gasteiger partial charge is 0.270 e. The van der Waals surface area contributed by atoms with Crippen molar-refractivity contribution < 1.29 is 4.79 Å². The van der Waals surface area contributed by atoms with Gasteiger partial charge >= 0.3 is 0 Å². The second-order valence-corrected chi connectivity index (χ2v) is 4.24. The summed E-state index contributed by atoms with van der Waals surface area (Å²) in [5, 5.41) is 2.90. The maximum atomic E-state index is 11.8. The van der Waals surface area contributed by atoms with E-state index >= 15 is 0 Å². The SMILES string of the molecule is CCC(C)(C)NC(=O)c1cccc(NN)n1. The number of aromatic nitrogens is 1. The number of pyridine rings is 1. The molecule has 0 aromatic carbocycles. The Morgan fingerprint density at radius 3 is 2.75 bits per heavy atom. The van der Waals surface area contributed by atoms with E-state index in [2.05, 4.69) is 15.7 Å². The fourth-order valence-corrected chi connectivity index (χ4v) is 1.10. The lowest BCUT2D eigenvalue weighted by Gasteiger charge is -2.24. The molecule has 0 atom stereocenters. The van der Waals surface area contributed by atoms with Gasteiger partial charge in [0.1, 0.15) is 11.5 Å². The third kappa shape index (κ3) is 3.20. The molecule has 1 rings (SSSR count). The average Bonchev–Trinajstić information content (AvgIpc) is 2.28. The van der Waals surface area contributed by atoms with Crippen molar-refractivity contribution in [3.05, 3.63) is 23.9 Å². The third-order valence-corrected chi connectivity index (χ3v) is 2.47. The first-order chi connectivity index (χ1) is 7.48. The van der Waals surface area contributed by atoms with Gasteiger partial charge in [0.05, 0.1) is 0 Å². The molecule has 5 heteroatoms.